The molecular weight excluding hydrogens is 423 g/mol. The number of benzene rings is 1. The van der Waals surface area contributed by atoms with Gasteiger partial charge in [0.15, 0.2) is 0 Å². The van der Waals surface area contributed by atoms with Crippen molar-refractivity contribution >= 4 is 58.0 Å². The van der Waals surface area contributed by atoms with E-state index in [2.05, 4.69) is 35.0 Å². The van der Waals surface area contributed by atoms with Gasteiger partial charge in [-0.25, -0.2) is 0 Å². The van der Waals surface area contributed by atoms with Gasteiger partial charge in [-0.15, -0.1) is 11.3 Å². The zero-order valence-corrected chi connectivity index (χ0v) is 15.4. The van der Waals surface area contributed by atoms with Crippen molar-refractivity contribution in [1.29, 1.82) is 5.26 Å². The lowest BCUT2D eigenvalue weighted by Gasteiger charge is -2.08. The van der Waals surface area contributed by atoms with Gasteiger partial charge in [0.2, 0.25) is 0 Å². The van der Waals surface area contributed by atoms with E-state index >= 15 is 0 Å². The number of halogens is 1. The molecule has 0 amide bonds. The van der Waals surface area contributed by atoms with Gasteiger partial charge in [0.05, 0.1) is 28.9 Å². The highest BCUT2D eigenvalue weighted by Gasteiger charge is 2.17. The number of thiophene rings is 1. The lowest BCUT2D eigenvalue weighted by molar-refractivity contribution is -0.139. The van der Waals surface area contributed by atoms with E-state index in [1.165, 1.54) is 11.3 Å². The second-order valence-corrected chi connectivity index (χ2v) is 7.58. The number of hydrogen-bond acceptors (Lipinski definition) is 4. The van der Waals surface area contributed by atoms with Crippen LogP contribution in [0.1, 0.15) is 15.3 Å². The molecule has 2 aromatic rings. The minimum Gasteiger partial charge on any atom is -0.480 e. The first-order chi connectivity index (χ1) is 11.0. The monoisotopic (exact) mass is 438 g/mol. The molecule has 0 saturated carbocycles. The molecule has 23 heavy (non-hydrogen) atoms. The van der Waals surface area contributed by atoms with Crippen LogP contribution in [0.15, 0.2) is 36.4 Å². The zero-order valence-electron chi connectivity index (χ0n) is 12.4. The van der Waals surface area contributed by atoms with Crippen LogP contribution in [0.2, 0.25) is 0 Å². The number of nitrogens with zero attached hydrogens (tertiary/aromatic N) is 2. The van der Waals surface area contributed by atoms with E-state index in [0.717, 1.165) is 21.0 Å². The molecule has 1 aromatic heterocycles. The Balaban J connectivity index is 2.03. The summed E-state index contributed by atoms with van der Waals surface area (Å²) in [6, 6.07) is 13.8. The van der Waals surface area contributed by atoms with Crippen LogP contribution in [-0.4, -0.2) is 18.1 Å². The highest BCUT2D eigenvalue weighted by atomic mass is 127. The topological polar surface area (TPSA) is 64.3 Å². The van der Waals surface area contributed by atoms with Gasteiger partial charge in [-0.05, 0) is 35.9 Å². The average Bonchev–Trinajstić information content (AvgIpc) is 2.98. The standard InChI is InChI=1S/C17H15IN2O2S/c1-20(18)14-5-2-12(3-6-14)4-7-15-8-9-16(23-15)10-13(11-19)17(21)22/h2-9,13H,10H2,1H3,(H,21,22)/b7-4+. The van der Waals surface area contributed by atoms with Gasteiger partial charge in [-0.1, -0.05) is 18.2 Å². The number of hydrogen-bond donors (Lipinski definition) is 1. The van der Waals surface area contributed by atoms with Crippen LogP contribution in [0.25, 0.3) is 12.2 Å². The summed E-state index contributed by atoms with van der Waals surface area (Å²) in [7, 11) is 1.99. The third-order valence-corrected chi connectivity index (χ3v) is 4.86. The molecule has 0 spiro atoms. The van der Waals surface area contributed by atoms with Gasteiger partial charge >= 0.3 is 5.97 Å². The molecule has 1 heterocycles. The Hall–Kier alpha value is -1.85. The lowest BCUT2D eigenvalue weighted by Crippen LogP contribution is -2.13. The Labute approximate surface area is 153 Å². The molecule has 0 aliphatic rings. The smallest absolute Gasteiger partial charge is 0.321 e. The van der Waals surface area contributed by atoms with Gasteiger partial charge in [0, 0.05) is 28.9 Å². The molecule has 0 aliphatic heterocycles. The summed E-state index contributed by atoms with van der Waals surface area (Å²) >= 11 is 3.73. The van der Waals surface area contributed by atoms with Crippen LogP contribution in [0.3, 0.4) is 0 Å². The van der Waals surface area contributed by atoms with Gasteiger partial charge < -0.3 is 8.22 Å². The van der Waals surface area contributed by atoms with Gasteiger partial charge in [-0.2, -0.15) is 5.26 Å². The van der Waals surface area contributed by atoms with Gasteiger partial charge in [0.25, 0.3) is 0 Å². The fourth-order valence-corrected chi connectivity index (χ4v) is 3.23. The molecule has 0 bridgehead atoms. The van der Waals surface area contributed by atoms with Crippen LogP contribution >= 0.6 is 34.2 Å². The predicted molar refractivity (Wildman–Crippen MR) is 103 cm³/mol. The van der Waals surface area contributed by atoms with Crippen molar-refractivity contribution in [3.05, 3.63) is 51.7 Å². The van der Waals surface area contributed by atoms with Crippen molar-refractivity contribution in [3.63, 3.8) is 0 Å². The fourth-order valence-electron chi connectivity index (χ4n) is 1.95. The molecule has 4 nitrogen and oxygen atoms in total. The van der Waals surface area contributed by atoms with Crippen molar-refractivity contribution in [2.45, 2.75) is 6.42 Å². The molecule has 1 N–H and O–H groups in total. The Kier molecular flexibility index (Phi) is 6.19. The van der Waals surface area contributed by atoms with Crippen molar-refractivity contribution in [1.82, 2.24) is 0 Å². The van der Waals surface area contributed by atoms with E-state index in [9.17, 15) is 4.79 Å². The van der Waals surface area contributed by atoms with Crippen molar-refractivity contribution in [2.24, 2.45) is 5.92 Å². The number of rotatable bonds is 6. The third-order valence-electron chi connectivity index (χ3n) is 3.23. The SMILES string of the molecule is CN(I)c1ccc(/C=C/c2ccc(CC(C#N)C(=O)O)s2)cc1. The van der Waals surface area contributed by atoms with Crippen LogP contribution in [0.4, 0.5) is 5.69 Å². The molecule has 2 rings (SSSR count). The Morgan fingerprint density at radius 3 is 2.61 bits per heavy atom. The number of carboxylic acid groups (broad SMARTS) is 1. The summed E-state index contributed by atoms with van der Waals surface area (Å²) in [6.07, 6.45) is 4.27. The van der Waals surface area contributed by atoms with E-state index in [0.29, 0.717) is 0 Å². The molecule has 1 aromatic carbocycles. The quantitative estimate of drug-likeness (QED) is 0.534. The molecular formula is C17H15IN2O2S. The molecule has 0 fully saturated rings. The predicted octanol–water partition coefficient (Wildman–Crippen LogP) is 4.47. The van der Waals surface area contributed by atoms with E-state index in [-0.39, 0.29) is 6.42 Å². The molecule has 118 valence electrons. The number of nitriles is 1. The largest absolute Gasteiger partial charge is 0.480 e. The van der Waals surface area contributed by atoms with Crippen molar-refractivity contribution in [2.75, 3.05) is 10.2 Å². The van der Waals surface area contributed by atoms with Gasteiger partial charge in [-0.3, -0.25) is 4.79 Å². The van der Waals surface area contributed by atoms with Crippen LogP contribution in [0.5, 0.6) is 0 Å². The number of aliphatic carboxylic acids is 1. The van der Waals surface area contributed by atoms with Gasteiger partial charge in [0.1, 0.15) is 5.92 Å². The highest BCUT2D eigenvalue weighted by Crippen LogP contribution is 2.23. The summed E-state index contributed by atoms with van der Waals surface area (Å²) in [6.45, 7) is 0. The number of carbonyl (C=O) groups is 1. The second-order valence-electron chi connectivity index (χ2n) is 4.93. The average molecular weight is 438 g/mol. The summed E-state index contributed by atoms with van der Waals surface area (Å²) in [4.78, 5) is 12.8. The highest BCUT2D eigenvalue weighted by molar-refractivity contribution is 14.1. The molecule has 0 aliphatic carbocycles. The minimum atomic E-state index is -1.07. The molecule has 1 atom stereocenters. The maximum Gasteiger partial charge on any atom is 0.321 e. The first-order valence-corrected chi connectivity index (χ1v) is 8.66. The second kappa shape index (κ2) is 8.13. The fraction of sp³-hybridized carbons (Fsp3) is 0.176. The lowest BCUT2D eigenvalue weighted by atomic mass is 10.1. The Morgan fingerprint density at radius 2 is 2.04 bits per heavy atom. The number of carboxylic acids is 1. The van der Waals surface area contributed by atoms with Crippen molar-refractivity contribution in [3.8, 4) is 6.07 Å². The summed E-state index contributed by atoms with van der Waals surface area (Å²) in [5.74, 6) is -2.05. The molecule has 0 radical (unpaired) electrons. The molecule has 1 unspecified atom stereocenters. The molecule has 6 heteroatoms. The first kappa shape index (κ1) is 17.5. The normalized spacial score (nSPS) is 12.0. The summed E-state index contributed by atoms with van der Waals surface area (Å²) in [5, 5.41) is 17.8. The Bertz CT molecular complexity index is 745. The summed E-state index contributed by atoms with van der Waals surface area (Å²) < 4.78 is 2.02. The third kappa shape index (κ3) is 5.08. The van der Waals surface area contributed by atoms with E-state index in [4.69, 9.17) is 10.4 Å². The maximum atomic E-state index is 10.9. The molecule has 0 saturated heterocycles. The van der Waals surface area contributed by atoms with Crippen LogP contribution in [0, 0.1) is 17.2 Å². The van der Waals surface area contributed by atoms with Crippen molar-refractivity contribution < 1.29 is 9.90 Å². The maximum absolute atomic E-state index is 10.9. The Morgan fingerprint density at radius 1 is 1.35 bits per heavy atom. The minimum absolute atomic E-state index is 0.251. The first-order valence-electron chi connectivity index (χ1n) is 6.88. The summed E-state index contributed by atoms with van der Waals surface area (Å²) in [5.41, 5.74) is 2.24. The van der Waals surface area contributed by atoms with Crippen LogP contribution in [-0.2, 0) is 11.2 Å². The van der Waals surface area contributed by atoms with Crippen LogP contribution < -0.4 is 3.11 Å². The van der Waals surface area contributed by atoms with E-state index in [1.807, 2.05) is 52.6 Å². The zero-order chi connectivity index (χ0) is 16.8. The number of anilines is 1. The van der Waals surface area contributed by atoms with E-state index in [1.54, 1.807) is 0 Å². The van der Waals surface area contributed by atoms with E-state index < -0.39 is 11.9 Å².